The van der Waals surface area contributed by atoms with E-state index in [0.717, 1.165) is 0 Å². The Balaban J connectivity index is 2.31. The van der Waals surface area contributed by atoms with Crippen LogP contribution in [0, 0.1) is 12.7 Å². The summed E-state index contributed by atoms with van der Waals surface area (Å²) in [7, 11) is 0. The lowest BCUT2D eigenvalue weighted by Gasteiger charge is -1.94. The zero-order valence-corrected chi connectivity index (χ0v) is 10.4. The van der Waals surface area contributed by atoms with Gasteiger partial charge in [-0.3, -0.25) is 4.79 Å². The molecule has 2 aromatic rings. The lowest BCUT2D eigenvalue weighted by atomic mass is 10.1. The van der Waals surface area contributed by atoms with Crippen LogP contribution in [0.2, 0.25) is 0 Å². The molecular formula is C14H14FNO2. The summed E-state index contributed by atoms with van der Waals surface area (Å²) in [4.78, 5) is 15.6. The largest absolute Gasteiger partial charge is 0.441 e. The summed E-state index contributed by atoms with van der Waals surface area (Å²) in [5.74, 6) is 0.730. The molecule has 1 aromatic carbocycles. The van der Waals surface area contributed by atoms with Gasteiger partial charge in [-0.25, -0.2) is 9.37 Å². The summed E-state index contributed by atoms with van der Waals surface area (Å²) in [6.45, 7) is 3.57. The number of benzene rings is 1. The average molecular weight is 247 g/mol. The van der Waals surface area contributed by atoms with Crippen molar-refractivity contribution >= 4 is 5.78 Å². The number of hydrogen-bond donors (Lipinski definition) is 0. The topological polar surface area (TPSA) is 43.1 Å². The molecule has 0 aliphatic heterocycles. The maximum Gasteiger partial charge on any atom is 0.226 e. The van der Waals surface area contributed by atoms with Gasteiger partial charge in [0.2, 0.25) is 5.89 Å². The molecule has 0 spiro atoms. The van der Waals surface area contributed by atoms with Crippen molar-refractivity contribution in [2.75, 3.05) is 0 Å². The fourth-order valence-electron chi connectivity index (χ4n) is 1.65. The quantitative estimate of drug-likeness (QED) is 0.832. The van der Waals surface area contributed by atoms with Gasteiger partial charge in [0.25, 0.3) is 0 Å². The summed E-state index contributed by atoms with van der Waals surface area (Å²) in [5.41, 5.74) is 1.20. The van der Waals surface area contributed by atoms with E-state index >= 15 is 0 Å². The van der Waals surface area contributed by atoms with Crippen LogP contribution in [0.5, 0.6) is 0 Å². The summed E-state index contributed by atoms with van der Waals surface area (Å²) < 4.78 is 18.6. The normalized spacial score (nSPS) is 10.6. The van der Waals surface area contributed by atoms with Crippen LogP contribution in [0.3, 0.4) is 0 Å². The minimum Gasteiger partial charge on any atom is -0.441 e. The Morgan fingerprint density at radius 2 is 2.22 bits per heavy atom. The van der Waals surface area contributed by atoms with Crippen LogP contribution in [0.25, 0.3) is 11.5 Å². The molecule has 0 N–H and O–H groups in total. The number of Topliss-reactive ketones (excluding diaryl/α,β-unsaturated/α-hetero) is 1. The fourth-order valence-corrected chi connectivity index (χ4v) is 1.65. The van der Waals surface area contributed by atoms with Crippen LogP contribution in [-0.2, 0) is 11.2 Å². The second kappa shape index (κ2) is 5.12. The van der Waals surface area contributed by atoms with Crippen molar-refractivity contribution in [3.8, 4) is 11.5 Å². The second-order valence-corrected chi connectivity index (χ2v) is 4.10. The molecule has 0 aliphatic rings. The van der Waals surface area contributed by atoms with Gasteiger partial charge in [-0.2, -0.15) is 0 Å². The summed E-state index contributed by atoms with van der Waals surface area (Å²) >= 11 is 0. The molecule has 4 heteroatoms. The third-order valence-electron chi connectivity index (χ3n) is 2.72. The molecule has 18 heavy (non-hydrogen) atoms. The molecule has 2 rings (SSSR count). The highest BCUT2D eigenvalue weighted by molar-refractivity contribution is 5.80. The molecule has 94 valence electrons. The minimum absolute atomic E-state index is 0.109. The Kier molecular flexibility index (Phi) is 3.55. The van der Waals surface area contributed by atoms with Crippen LogP contribution in [-0.4, -0.2) is 10.8 Å². The molecule has 0 amide bonds. The molecule has 0 atom stereocenters. The van der Waals surface area contributed by atoms with E-state index in [1.807, 2.05) is 6.92 Å². The lowest BCUT2D eigenvalue weighted by molar-refractivity contribution is -0.118. The van der Waals surface area contributed by atoms with Crippen molar-refractivity contribution in [3.05, 3.63) is 41.5 Å². The lowest BCUT2D eigenvalue weighted by Crippen LogP contribution is -2.01. The van der Waals surface area contributed by atoms with E-state index in [9.17, 15) is 9.18 Å². The SMILES string of the molecule is CCC(=O)Cc1nc(-c2cccc(F)c2)oc1C. The summed E-state index contributed by atoms with van der Waals surface area (Å²) in [6.07, 6.45) is 0.739. The molecule has 0 saturated carbocycles. The zero-order valence-electron chi connectivity index (χ0n) is 10.4. The van der Waals surface area contributed by atoms with Gasteiger partial charge in [0, 0.05) is 12.0 Å². The van der Waals surface area contributed by atoms with Gasteiger partial charge in [-0.1, -0.05) is 13.0 Å². The number of carbonyl (C=O) groups excluding carboxylic acids is 1. The van der Waals surface area contributed by atoms with E-state index in [1.54, 1.807) is 19.1 Å². The van der Waals surface area contributed by atoms with Crippen molar-refractivity contribution in [2.24, 2.45) is 0 Å². The number of rotatable bonds is 4. The third kappa shape index (κ3) is 2.64. The Morgan fingerprint density at radius 3 is 2.89 bits per heavy atom. The molecular weight excluding hydrogens is 233 g/mol. The van der Waals surface area contributed by atoms with E-state index in [4.69, 9.17) is 4.42 Å². The van der Waals surface area contributed by atoms with Crippen LogP contribution < -0.4 is 0 Å². The van der Waals surface area contributed by atoms with Gasteiger partial charge in [-0.05, 0) is 25.1 Å². The number of carbonyl (C=O) groups is 1. The van der Waals surface area contributed by atoms with Crippen molar-refractivity contribution in [2.45, 2.75) is 26.7 Å². The maximum absolute atomic E-state index is 13.1. The average Bonchev–Trinajstić information content (AvgIpc) is 2.71. The van der Waals surface area contributed by atoms with Gasteiger partial charge in [0.1, 0.15) is 17.4 Å². The molecule has 1 heterocycles. The molecule has 0 saturated heterocycles. The van der Waals surface area contributed by atoms with Crippen LogP contribution in [0.1, 0.15) is 24.8 Å². The maximum atomic E-state index is 13.1. The minimum atomic E-state index is -0.338. The monoisotopic (exact) mass is 247 g/mol. The Morgan fingerprint density at radius 1 is 1.44 bits per heavy atom. The molecule has 0 unspecified atom stereocenters. The highest BCUT2D eigenvalue weighted by Gasteiger charge is 2.14. The zero-order chi connectivity index (χ0) is 13.1. The molecule has 3 nitrogen and oxygen atoms in total. The van der Waals surface area contributed by atoms with E-state index in [1.165, 1.54) is 12.1 Å². The number of aryl methyl sites for hydroxylation is 1. The van der Waals surface area contributed by atoms with Gasteiger partial charge in [0.05, 0.1) is 12.1 Å². The predicted octanol–water partition coefficient (Wildman–Crippen LogP) is 3.31. The van der Waals surface area contributed by atoms with Crippen molar-refractivity contribution < 1.29 is 13.6 Å². The highest BCUT2D eigenvalue weighted by atomic mass is 19.1. The highest BCUT2D eigenvalue weighted by Crippen LogP contribution is 2.22. The van der Waals surface area contributed by atoms with E-state index < -0.39 is 0 Å². The van der Waals surface area contributed by atoms with E-state index in [-0.39, 0.29) is 18.0 Å². The number of nitrogens with zero attached hydrogens (tertiary/aromatic N) is 1. The number of halogens is 1. The van der Waals surface area contributed by atoms with Gasteiger partial charge in [-0.15, -0.1) is 0 Å². The van der Waals surface area contributed by atoms with Gasteiger partial charge >= 0.3 is 0 Å². The Bertz CT molecular complexity index is 575. The number of oxazole rings is 1. The molecule has 0 radical (unpaired) electrons. The van der Waals surface area contributed by atoms with E-state index in [0.29, 0.717) is 29.3 Å². The number of ketones is 1. The first-order valence-corrected chi connectivity index (χ1v) is 5.84. The van der Waals surface area contributed by atoms with Crippen LogP contribution in [0.4, 0.5) is 4.39 Å². The predicted molar refractivity (Wildman–Crippen MR) is 65.6 cm³/mol. The van der Waals surface area contributed by atoms with Crippen LogP contribution >= 0.6 is 0 Å². The number of aromatic nitrogens is 1. The summed E-state index contributed by atoms with van der Waals surface area (Å²) in [5, 5.41) is 0. The van der Waals surface area contributed by atoms with Gasteiger partial charge in [0.15, 0.2) is 0 Å². The molecule has 0 aliphatic carbocycles. The van der Waals surface area contributed by atoms with Crippen molar-refractivity contribution in [3.63, 3.8) is 0 Å². The first kappa shape index (κ1) is 12.5. The first-order chi connectivity index (χ1) is 8.60. The standard InChI is InChI=1S/C14H14FNO2/c1-3-12(17)8-13-9(2)18-14(16-13)10-5-4-6-11(15)7-10/h4-7H,3,8H2,1-2H3. The molecule has 0 bridgehead atoms. The molecule has 0 fully saturated rings. The third-order valence-corrected chi connectivity index (χ3v) is 2.72. The Hall–Kier alpha value is -1.97. The summed E-state index contributed by atoms with van der Waals surface area (Å²) in [6, 6.07) is 6.04. The first-order valence-electron chi connectivity index (χ1n) is 5.84. The Labute approximate surface area is 105 Å². The smallest absolute Gasteiger partial charge is 0.226 e. The van der Waals surface area contributed by atoms with Gasteiger partial charge < -0.3 is 4.42 Å². The van der Waals surface area contributed by atoms with E-state index in [2.05, 4.69) is 4.98 Å². The second-order valence-electron chi connectivity index (χ2n) is 4.10. The van der Waals surface area contributed by atoms with Crippen molar-refractivity contribution in [1.29, 1.82) is 0 Å². The fraction of sp³-hybridized carbons (Fsp3) is 0.286. The number of hydrogen-bond acceptors (Lipinski definition) is 3. The molecule has 1 aromatic heterocycles. The van der Waals surface area contributed by atoms with Crippen LogP contribution in [0.15, 0.2) is 28.7 Å². The van der Waals surface area contributed by atoms with Crippen molar-refractivity contribution in [1.82, 2.24) is 4.98 Å².